The minimum absolute atomic E-state index is 0.0690. The molecule has 0 aliphatic carbocycles. The number of benzene rings is 3. The molecule has 0 saturated carbocycles. The Morgan fingerprint density at radius 2 is 1.47 bits per heavy atom. The number of amides is 3. The summed E-state index contributed by atoms with van der Waals surface area (Å²) < 4.78 is 10.7. The van der Waals surface area contributed by atoms with E-state index in [1.54, 1.807) is 53.7 Å². The molecule has 3 aromatic carbocycles. The van der Waals surface area contributed by atoms with E-state index < -0.39 is 23.4 Å². The maximum Gasteiger partial charge on any atom is 0.414 e. The Hall–Kier alpha value is -4.12. The molecule has 3 aromatic rings. The topological polar surface area (TPSA) is 113 Å². The molecule has 51 heavy (non-hydrogen) atoms. The number of nitrogens with one attached hydrogen (secondary N) is 2. The lowest BCUT2D eigenvalue weighted by Gasteiger charge is -2.45. The number of hydrogen-bond donors (Lipinski definition) is 2. The molecule has 1 fully saturated rings. The highest BCUT2D eigenvalue weighted by Crippen LogP contribution is 2.31. The highest BCUT2D eigenvalue weighted by Gasteiger charge is 2.35. The van der Waals surface area contributed by atoms with Gasteiger partial charge in [-0.1, -0.05) is 71.7 Å². The number of nitrogens with zero attached hydrogens (tertiary/aromatic N) is 3. The number of halogens is 2. The molecule has 1 aliphatic rings. The Morgan fingerprint density at radius 1 is 0.824 bits per heavy atom. The molecule has 4 rings (SSSR count). The van der Waals surface area contributed by atoms with Crippen LogP contribution < -0.4 is 10.6 Å². The second-order valence-corrected chi connectivity index (χ2v) is 15.6. The zero-order valence-electron chi connectivity index (χ0n) is 30.5. The van der Waals surface area contributed by atoms with Crippen LogP contribution in [0.25, 0.3) is 11.1 Å². The SMILES string of the molecule is CN1CC(CCCN=C(NC(=O)OC(C)(C)C)NC(=O)OC(C)(C)C)N(C(=O)c2cccc(-c3ccc(Cl)cc3Cl)c2)C[C@H]1Cc1ccccc1. The molecule has 1 saturated heterocycles. The highest BCUT2D eigenvalue weighted by atomic mass is 35.5. The quantitative estimate of drug-likeness (QED) is 0.137. The number of carbonyl (C=O) groups excluding carboxylic acids is 3. The van der Waals surface area contributed by atoms with Crippen LogP contribution in [0.5, 0.6) is 0 Å². The van der Waals surface area contributed by atoms with E-state index in [0.717, 1.165) is 17.5 Å². The van der Waals surface area contributed by atoms with Crippen LogP contribution in [0.4, 0.5) is 9.59 Å². The Balaban J connectivity index is 1.54. The molecule has 0 spiro atoms. The van der Waals surface area contributed by atoms with Crippen molar-refractivity contribution in [2.45, 2.75) is 84.1 Å². The lowest BCUT2D eigenvalue weighted by molar-refractivity contribution is 0.0297. The van der Waals surface area contributed by atoms with E-state index >= 15 is 0 Å². The summed E-state index contributed by atoms with van der Waals surface area (Å²) in [5.41, 5.74) is 1.89. The van der Waals surface area contributed by atoms with Gasteiger partial charge in [-0.05, 0) is 103 Å². The van der Waals surface area contributed by atoms with Crippen LogP contribution in [0.15, 0.2) is 77.8 Å². The zero-order valence-corrected chi connectivity index (χ0v) is 32.0. The maximum atomic E-state index is 14.4. The fourth-order valence-corrected chi connectivity index (χ4v) is 6.35. The first-order chi connectivity index (χ1) is 24.0. The average Bonchev–Trinajstić information content (AvgIpc) is 3.02. The molecular weight excluding hydrogens is 689 g/mol. The molecule has 274 valence electrons. The third-order valence-corrected chi connectivity index (χ3v) is 8.65. The summed E-state index contributed by atoms with van der Waals surface area (Å²) in [7, 11) is 2.09. The summed E-state index contributed by atoms with van der Waals surface area (Å²) >= 11 is 12.7. The number of alkyl carbamates (subject to hydrolysis) is 2. The smallest absolute Gasteiger partial charge is 0.414 e. The number of ether oxygens (including phenoxy) is 2. The Kier molecular flexibility index (Phi) is 13.5. The van der Waals surface area contributed by atoms with Crippen molar-refractivity contribution in [1.82, 2.24) is 20.4 Å². The van der Waals surface area contributed by atoms with Crippen LogP contribution in [0, 0.1) is 0 Å². The molecule has 12 heteroatoms. The number of carbonyl (C=O) groups is 3. The van der Waals surface area contributed by atoms with E-state index in [9.17, 15) is 14.4 Å². The van der Waals surface area contributed by atoms with Gasteiger partial charge in [-0.25, -0.2) is 9.59 Å². The van der Waals surface area contributed by atoms with Crippen LogP contribution in [-0.4, -0.2) is 83.8 Å². The van der Waals surface area contributed by atoms with Gasteiger partial charge in [0.25, 0.3) is 5.91 Å². The summed E-state index contributed by atoms with van der Waals surface area (Å²) in [5.74, 6) is -0.145. The molecule has 1 aliphatic heterocycles. The van der Waals surface area contributed by atoms with E-state index in [0.29, 0.717) is 41.5 Å². The van der Waals surface area contributed by atoms with Gasteiger partial charge in [-0.15, -0.1) is 0 Å². The van der Waals surface area contributed by atoms with Crippen LogP contribution in [-0.2, 0) is 15.9 Å². The van der Waals surface area contributed by atoms with Crippen molar-refractivity contribution in [1.29, 1.82) is 0 Å². The van der Waals surface area contributed by atoms with Gasteiger partial charge in [0, 0.05) is 52.9 Å². The molecule has 2 N–H and O–H groups in total. The van der Waals surface area contributed by atoms with Crippen molar-refractivity contribution >= 4 is 47.3 Å². The fourth-order valence-electron chi connectivity index (χ4n) is 5.84. The lowest BCUT2D eigenvalue weighted by Crippen LogP contribution is -2.59. The molecule has 1 unspecified atom stereocenters. The van der Waals surface area contributed by atoms with E-state index in [1.165, 1.54) is 5.56 Å². The standard InChI is InChI=1S/C39H49Cl2N5O5/c1-38(2,3)50-36(48)43-35(44-37(49)51-39(4,5)6)42-20-12-17-30-24-45(7)31(21-26-13-9-8-10-14-26)25-46(30)34(47)28-16-11-15-27(22-28)32-19-18-29(40)23-33(32)41/h8-11,13-16,18-19,22-23,30-31H,12,17,20-21,24-25H2,1-7H3,(H2,42,43,44,48,49)/t30?,31-/m1/s1. The van der Waals surface area contributed by atoms with Gasteiger partial charge >= 0.3 is 12.2 Å². The third-order valence-electron chi connectivity index (χ3n) is 8.10. The van der Waals surface area contributed by atoms with Crippen molar-refractivity contribution in [2.24, 2.45) is 4.99 Å². The summed E-state index contributed by atoms with van der Waals surface area (Å²) in [6.45, 7) is 11.9. The zero-order chi connectivity index (χ0) is 37.3. The van der Waals surface area contributed by atoms with Crippen LogP contribution in [0.3, 0.4) is 0 Å². The summed E-state index contributed by atoms with van der Waals surface area (Å²) in [5, 5.41) is 6.10. The van der Waals surface area contributed by atoms with Gasteiger partial charge in [-0.2, -0.15) is 0 Å². The molecule has 0 bridgehead atoms. The normalized spacial score (nSPS) is 16.6. The van der Waals surface area contributed by atoms with Gasteiger partial charge < -0.3 is 14.4 Å². The van der Waals surface area contributed by atoms with Gasteiger partial charge in [0.05, 0.1) is 0 Å². The van der Waals surface area contributed by atoms with Crippen LogP contribution >= 0.6 is 23.2 Å². The van der Waals surface area contributed by atoms with Crippen LogP contribution in [0.2, 0.25) is 10.0 Å². The lowest BCUT2D eigenvalue weighted by atomic mass is 9.96. The summed E-state index contributed by atoms with van der Waals surface area (Å²) in [6.07, 6.45) is 0.493. The molecule has 1 heterocycles. The minimum atomic E-state index is -0.755. The summed E-state index contributed by atoms with van der Waals surface area (Å²) in [6, 6.07) is 23.1. The largest absolute Gasteiger partial charge is 0.444 e. The minimum Gasteiger partial charge on any atom is -0.444 e. The first-order valence-corrected chi connectivity index (χ1v) is 17.9. The number of guanidine groups is 1. The first-order valence-electron chi connectivity index (χ1n) is 17.1. The highest BCUT2D eigenvalue weighted by molar-refractivity contribution is 6.36. The predicted octanol–water partition coefficient (Wildman–Crippen LogP) is 8.21. The number of aliphatic imine (C=N–C) groups is 1. The van der Waals surface area contributed by atoms with Crippen molar-refractivity contribution in [3.05, 3.63) is 94.0 Å². The number of hydrogen-bond acceptors (Lipinski definition) is 7. The monoisotopic (exact) mass is 737 g/mol. The number of piperazine rings is 1. The van der Waals surface area contributed by atoms with Gasteiger partial charge in [0.15, 0.2) is 0 Å². The molecule has 3 amide bonds. The van der Waals surface area contributed by atoms with Crippen molar-refractivity contribution in [2.75, 3.05) is 26.7 Å². The van der Waals surface area contributed by atoms with E-state index in [1.807, 2.05) is 53.4 Å². The van der Waals surface area contributed by atoms with Crippen molar-refractivity contribution in [3.63, 3.8) is 0 Å². The van der Waals surface area contributed by atoms with Gasteiger partial charge in [-0.3, -0.25) is 25.3 Å². The molecule has 2 atom stereocenters. The first kappa shape index (κ1) is 39.7. The van der Waals surface area contributed by atoms with E-state index in [4.69, 9.17) is 32.7 Å². The van der Waals surface area contributed by atoms with Gasteiger partial charge in [0.2, 0.25) is 5.96 Å². The van der Waals surface area contributed by atoms with E-state index in [2.05, 4.69) is 39.7 Å². The average molecular weight is 739 g/mol. The fraction of sp³-hybridized carbons (Fsp3) is 0.436. The third kappa shape index (κ3) is 12.6. The number of rotatable bonds is 8. The number of likely N-dealkylation sites (N-methyl/N-ethyl adjacent to an activating group) is 1. The Labute approximate surface area is 311 Å². The van der Waals surface area contributed by atoms with Crippen molar-refractivity contribution in [3.8, 4) is 11.1 Å². The van der Waals surface area contributed by atoms with Gasteiger partial charge in [0.1, 0.15) is 11.2 Å². The van der Waals surface area contributed by atoms with Crippen LogP contribution in [0.1, 0.15) is 70.3 Å². The second kappa shape index (κ2) is 17.4. The van der Waals surface area contributed by atoms with E-state index in [-0.39, 0.29) is 30.5 Å². The predicted molar refractivity (Wildman–Crippen MR) is 204 cm³/mol. The second-order valence-electron chi connectivity index (χ2n) is 14.7. The molecule has 0 radical (unpaired) electrons. The van der Waals surface area contributed by atoms with Crippen molar-refractivity contribution < 1.29 is 23.9 Å². The maximum absolute atomic E-state index is 14.4. The molecule has 0 aromatic heterocycles. The summed E-state index contributed by atoms with van der Waals surface area (Å²) in [4.78, 5) is 48.2. The Bertz CT molecular complexity index is 1670. The molecular formula is C39H49Cl2N5O5. The Morgan fingerprint density at radius 3 is 2.08 bits per heavy atom. The molecule has 10 nitrogen and oxygen atoms in total.